The van der Waals surface area contributed by atoms with Gasteiger partial charge in [0.15, 0.2) is 0 Å². The van der Waals surface area contributed by atoms with Crippen LogP contribution in [-0.2, 0) is 22.8 Å². The number of hydrogen-bond donors (Lipinski definition) is 1. The summed E-state index contributed by atoms with van der Waals surface area (Å²) >= 11 is 1.39. The largest absolute Gasteiger partial charge is 0.347 e. The standard InChI is InChI=1S/C23H20N2O3S2/c1-2-16-3-7-19(8-4-16)30(27,28)20-9-5-17(6-10-20)14-25-23(26)21-13-18-11-12-24-15-22(18)29-21/h3-13,15H,2,14H2,1H3,(H,25,26). The molecular weight excluding hydrogens is 416 g/mol. The first-order valence-electron chi connectivity index (χ1n) is 9.52. The van der Waals surface area contributed by atoms with Gasteiger partial charge in [0.05, 0.1) is 19.4 Å². The monoisotopic (exact) mass is 436 g/mol. The lowest BCUT2D eigenvalue weighted by molar-refractivity contribution is 0.0955. The van der Waals surface area contributed by atoms with E-state index in [4.69, 9.17) is 0 Å². The zero-order valence-corrected chi connectivity index (χ0v) is 18.0. The van der Waals surface area contributed by atoms with Gasteiger partial charge in [-0.05, 0) is 59.3 Å². The Morgan fingerprint density at radius 2 is 1.60 bits per heavy atom. The molecule has 2 aromatic heterocycles. The zero-order valence-electron chi connectivity index (χ0n) is 16.3. The zero-order chi connectivity index (χ0) is 21.1. The van der Waals surface area contributed by atoms with E-state index in [0.29, 0.717) is 11.4 Å². The van der Waals surface area contributed by atoms with Crippen molar-refractivity contribution >= 4 is 37.2 Å². The summed E-state index contributed by atoms with van der Waals surface area (Å²) in [6, 6.07) is 17.3. The van der Waals surface area contributed by atoms with E-state index < -0.39 is 9.84 Å². The van der Waals surface area contributed by atoms with Crippen molar-refractivity contribution in [2.45, 2.75) is 29.7 Å². The number of nitrogens with zero attached hydrogens (tertiary/aromatic N) is 1. The van der Waals surface area contributed by atoms with Crippen molar-refractivity contribution in [2.24, 2.45) is 0 Å². The van der Waals surface area contributed by atoms with Gasteiger partial charge >= 0.3 is 0 Å². The van der Waals surface area contributed by atoms with E-state index in [1.54, 1.807) is 48.8 Å². The molecule has 0 radical (unpaired) electrons. The Bertz CT molecular complexity index is 1260. The molecule has 152 valence electrons. The minimum Gasteiger partial charge on any atom is -0.347 e. The number of carbonyl (C=O) groups excluding carboxylic acids is 1. The van der Waals surface area contributed by atoms with Gasteiger partial charge in [-0.1, -0.05) is 31.2 Å². The van der Waals surface area contributed by atoms with E-state index in [1.165, 1.54) is 11.3 Å². The highest BCUT2D eigenvalue weighted by Gasteiger charge is 2.17. The summed E-state index contributed by atoms with van der Waals surface area (Å²) in [5, 5.41) is 3.87. The first-order valence-corrected chi connectivity index (χ1v) is 11.8. The van der Waals surface area contributed by atoms with Crippen LogP contribution in [-0.4, -0.2) is 19.3 Å². The molecule has 0 saturated carbocycles. The van der Waals surface area contributed by atoms with Crippen molar-refractivity contribution in [2.75, 3.05) is 0 Å². The molecule has 2 heterocycles. The molecule has 4 rings (SSSR count). The van der Waals surface area contributed by atoms with Crippen LogP contribution in [0.3, 0.4) is 0 Å². The molecule has 0 spiro atoms. The van der Waals surface area contributed by atoms with Crippen LogP contribution in [0.2, 0.25) is 0 Å². The van der Waals surface area contributed by atoms with Crippen LogP contribution in [0.4, 0.5) is 0 Å². The van der Waals surface area contributed by atoms with E-state index in [-0.39, 0.29) is 15.7 Å². The third-order valence-electron chi connectivity index (χ3n) is 4.88. The molecule has 30 heavy (non-hydrogen) atoms. The highest BCUT2D eigenvalue weighted by atomic mass is 32.2. The molecule has 0 aliphatic rings. The van der Waals surface area contributed by atoms with Crippen LogP contribution in [0.1, 0.15) is 27.7 Å². The Kier molecular flexibility index (Phi) is 5.65. The van der Waals surface area contributed by atoms with Crippen molar-refractivity contribution in [3.63, 3.8) is 0 Å². The highest BCUT2D eigenvalue weighted by molar-refractivity contribution is 7.91. The second kappa shape index (κ2) is 8.38. The average molecular weight is 437 g/mol. The van der Waals surface area contributed by atoms with Crippen molar-refractivity contribution in [3.05, 3.63) is 89.1 Å². The molecule has 2 aromatic carbocycles. The van der Waals surface area contributed by atoms with E-state index in [9.17, 15) is 13.2 Å². The fraction of sp³-hybridized carbons (Fsp3) is 0.130. The van der Waals surface area contributed by atoms with Gasteiger partial charge in [0.1, 0.15) is 0 Å². The number of rotatable bonds is 6. The molecule has 1 amide bonds. The predicted octanol–water partition coefficient (Wildman–Crippen LogP) is 4.62. The normalized spacial score (nSPS) is 11.5. The fourth-order valence-electron chi connectivity index (χ4n) is 3.09. The number of aromatic nitrogens is 1. The summed E-state index contributed by atoms with van der Waals surface area (Å²) in [6.45, 7) is 2.34. The molecule has 0 aliphatic carbocycles. The first kappa shape index (κ1) is 20.3. The maximum Gasteiger partial charge on any atom is 0.261 e. The molecule has 0 atom stereocenters. The van der Waals surface area contributed by atoms with Crippen molar-refractivity contribution in [1.29, 1.82) is 0 Å². The van der Waals surface area contributed by atoms with E-state index >= 15 is 0 Å². The maximum absolute atomic E-state index is 12.8. The fourth-order valence-corrected chi connectivity index (χ4v) is 5.30. The van der Waals surface area contributed by atoms with E-state index in [0.717, 1.165) is 27.6 Å². The van der Waals surface area contributed by atoms with Gasteiger partial charge < -0.3 is 5.32 Å². The predicted molar refractivity (Wildman–Crippen MR) is 119 cm³/mol. The van der Waals surface area contributed by atoms with Crippen LogP contribution in [0.15, 0.2) is 82.8 Å². The van der Waals surface area contributed by atoms with E-state index in [1.807, 2.05) is 31.2 Å². The van der Waals surface area contributed by atoms with Gasteiger partial charge in [-0.2, -0.15) is 0 Å². The maximum atomic E-state index is 12.8. The van der Waals surface area contributed by atoms with Crippen molar-refractivity contribution < 1.29 is 13.2 Å². The van der Waals surface area contributed by atoms with Crippen LogP contribution >= 0.6 is 11.3 Å². The Morgan fingerprint density at radius 1 is 0.967 bits per heavy atom. The number of hydrogen-bond acceptors (Lipinski definition) is 5. The van der Waals surface area contributed by atoms with Crippen LogP contribution in [0.25, 0.3) is 10.1 Å². The van der Waals surface area contributed by atoms with Gasteiger partial charge in [-0.3, -0.25) is 9.78 Å². The number of amides is 1. The van der Waals surface area contributed by atoms with E-state index in [2.05, 4.69) is 10.3 Å². The highest BCUT2D eigenvalue weighted by Crippen LogP contribution is 2.25. The Labute approximate surface area is 179 Å². The van der Waals surface area contributed by atoms with Gasteiger partial charge in [0.2, 0.25) is 9.84 Å². The number of thiophene rings is 1. The Morgan fingerprint density at radius 3 is 2.20 bits per heavy atom. The molecule has 0 fully saturated rings. The summed E-state index contributed by atoms with van der Waals surface area (Å²) in [4.78, 5) is 17.6. The number of benzene rings is 2. The molecule has 0 saturated heterocycles. The number of fused-ring (bicyclic) bond motifs is 1. The molecular formula is C23H20N2O3S2. The molecule has 7 heteroatoms. The summed E-state index contributed by atoms with van der Waals surface area (Å²) in [6.07, 6.45) is 4.30. The Balaban J connectivity index is 1.44. The minimum absolute atomic E-state index is 0.163. The van der Waals surface area contributed by atoms with Crippen LogP contribution in [0.5, 0.6) is 0 Å². The molecule has 1 N–H and O–H groups in total. The SMILES string of the molecule is CCc1ccc(S(=O)(=O)c2ccc(CNC(=O)c3cc4ccncc4s3)cc2)cc1. The Hall–Kier alpha value is -3.03. The second-order valence-corrected chi connectivity index (χ2v) is 9.89. The lowest BCUT2D eigenvalue weighted by Gasteiger charge is -2.08. The number of nitrogens with one attached hydrogen (secondary N) is 1. The van der Waals surface area contributed by atoms with Gasteiger partial charge in [0, 0.05) is 18.9 Å². The quantitative estimate of drug-likeness (QED) is 0.478. The summed E-state index contributed by atoms with van der Waals surface area (Å²) in [5.41, 5.74) is 1.92. The smallest absolute Gasteiger partial charge is 0.261 e. The third kappa shape index (κ3) is 4.13. The average Bonchev–Trinajstić information content (AvgIpc) is 3.22. The molecule has 0 aliphatic heterocycles. The van der Waals surface area contributed by atoms with Crippen molar-refractivity contribution in [3.8, 4) is 0 Å². The third-order valence-corrected chi connectivity index (χ3v) is 7.75. The number of sulfone groups is 1. The summed E-state index contributed by atoms with van der Waals surface area (Å²) < 4.78 is 26.6. The lowest BCUT2D eigenvalue weighted by Crippen LogP contribution is -2.21. The lowest BCUT2D eigenvalue weighted by atomic mass is 10.2. The van der Waals surface area contributed by atoms with Crippen LogP contribution in [0, 0.1) is 0 Å². The van der Waals surface area contributed by atoms with Crippen LogP contribution < -0.4 is 5.32 Å². The first-order chi connectivity index (χ1) is 14.5. The summed E-state index contributed by atoms with van der Waals surface area (Å²) in [5.74, 6) is -0.163. The molecule has 0 bridgehead atoms. The topological polar surface area (TPSA) is 76.1 Å². The number of pyridine rings is 1. The number of carbonyl (C=O) groups is 1. The minimum atomic E-state index is -3.56. The van der Waals surface area contributed by atoms with Gasteiger partial charge in [-0.15, -0.1) is 11.3 Å². The molecule has 4 aromatic rings. The summed E-state index contributed by atoms with van der Waals surface area (Å²) in [7, 11) is -3.56. The van der Waals surface area contributed by atoms with Gasteiger partial charge in [0.25, 0.3) is 5.91 Å². The van der Waals surface area contributed by atoms with Gasteiger partial charge in [-0.25, -0.2) is 8.42 Å². The molecule has 5 nitrogen and oxygen atoms in total. The molecule has 0 unspecified atom stereocenters. The second-order valence-electron chi connectivity index (χ2n) is 6.85. The van der Waals surface area contributed by atoms with Crippen molar-refractivity contribution in [1.82, 2.24) is 10.3 Å². The number of aryl methyl sites for hydroxylation is 1.